The highest BCUT2D eigenvalue weighted by Gasteiger charge is 2.11. The molecule has 1 aromatic rings. The summed E-state index contributed by atoms with van der Waals surface area (Å²) in [5.74, 6) is -2.32. The van der Waals surface area contributed by atoms with Crippen molar-refractivity contribution in [2.24, 2.45) is 0 Å². The molecule has 0 saturated heterocycles. The van der Waals surface area contributed by atoms with E-state index in [2.05, 4.69) is 15.4 Å². The molecular weight excluding hydrogens is 267 g/mol. The van der Waals surface area contributed by atoms with Crippen LogP contribution >= 0.6 is 0 Å². The minimum Gasteiger partial charge on any atom is -0.452 e. The lowest BCUT2D eigenvalue weighted by atomic mass is 10.2. The highest BCUT2D eigenvalue weighted by Crippen LogP contribution is 2.04. The van der Waals surface area contributed by atoms with Crippen molar-refractivity contribution in [2.45, 2.75) is 6.92 Å². The average Bonchev–Trinajstić information content (AvgIpc) is 2.43. The van der Waals surface area contributed by atoms with Crippen LogP contribution in [0.25, 0.3) is 0 Å². The summed E-state index contributed by atoms with van der Waals surface area (Å²) in [7, 11) is 0. The van der Waals surface area contributed by atoms with E-state index in [0.717, 1.165) is 6.07 Å². The van der Waals surface area contributed by atoms with Gasteiger partial charge in [-0.2, -0.15) is 0 Å². The van der Waals surface area contributed by atoms with E-state index in [-0.39, 0.29) is 18.0 Å². The maximum absolute atomic E-state index is 12.9. The van der Waals surface area contributed by atoms with Crippen molar-refractivity contribution in [1.29, 1.82) is 0 Å². The molecule has 0 aliphatic carbocycles. The van der Waals surface area contributed by atoms with Crippen LogP contribution < -0.4 is 10.6 Å². The largest absolute Gasteiger partial charge is 0.452 e. The number of halogens is 1. The van der Waals surface area contributed by atoms with Crippen molar-refractivity contribution < 1.29 is 23.5 Å². The number of ether oxygens (including phenoxy) is 1. The number of esters is 1. The summed E-state index contributed by atoms with van der Waals surface area (Å²) in [5.41, 5.74) is 0.0153. The minimum atomic E-state index is -0.808. The quantitative estimate of drug-likeness (QED) is 0.732. The molecule has 1 aromatic carbocycles. The van der Waals surface area contributed by atoms with Crippen LogP contribution in [0.5, 0.6) is 0 Å². The zero-order valence-electron chi connectivity index (χ0n) is 10.9. The summed E-state index contributed by atoms with van der Waals surface area (Å²) in [5, 5.41) is 4.78. The van der Waals surface area contributed by atoms with E-state index in [4.69, 9.17) is 0 Å². The fraction of sp³-hybridized carbons (Fsp3) is 0.308. The number of nitrogens with one attached hydrogen (secondary N) is 2. The number of likely N-dealkylation sites (N-methyl/N-ethyl adjacent to an activating group) is 1. The van der Waals surface area contributed by atoms with Gasteiger partial charge in [-0.3, -0.25) is 9.59 Å². The Labute approximate surface area is 115 Å². The second kappa shape index (κ2) is 7.88. The van der Waals surface area contributed by atoms with Crippen molar-refractivity contribution in [3.8, 4) is 0 Å². The summed E-state index contributed by atoms with van der Waals surface area (Å²) in [6.45, 7) is 1.49. The Morgan fingerprint density at radius 3 is 2.60 bits per heavy atom. The highest BCUT2D eigenvalue weighted by atomic mass is 19.1. The van der Waals surface area contributed by atoms with Gasteiger partial charge in [0.05, 0.1) is 12.1 Å². The summed E-state index contributed by atoms with van der Waals surface area (Å²) in [6, 6.07) is 4.93. The Morgan fingerprint density at radius 1 is 1.20 bits per heavy atom. The van der Waals surface area contributed by atoms with Gasteiger partial charge in [0.2, 0.25) is 5.91 Å². The van der Waals surface area contributed by atoms with Gasteiger partial charge in [-0.25, -0.2) is 9.18 Å². The Hall–Kier alpha value is -2.44. The second-order valence-electron chi connectivity index (χ2n) is 3.82. The first kappa shape index (κ1) is 15.6. The first-order chi connectivity index (χ1) is 9.52. The number of hydrogen-bond donors (Lipinski definition) is 2. The van der Waals surface area contributed by atoms with Crippen LogP contribution in [-0.4, -0.2) is 37.5 Å². The standard InChI is InChI=1S/C13H15FN2O4/c1-2-15-11(17)7-16-12(18)8-20-13(19)9-4-3-5-10(14)6-9/h3-6H,2,7-8H2,1H3,(H,15,17)(H,16,18). The van der Waals surface area contributed by atoms with Gasteiger partial charge >= 0.3 is 5.97 Å². The SMILES string of the molecule is CCNC(=O)CNC(=O)COC(=O)c1cccc(F)c1. The molecule has 0 aromatic heterocycles. The van der Waals surface area contributed by atoms with Gasteiger partial charge in [-0.1, -0.05) is 6.07 Å². The summed E-state index contributed by atoms with van der Waals surface area (Å²) in [6.07, 6.45) is 0. The van der Waals surface area contributed by atoms with Gasteiger partial charge in [0, 0.05) is 6.54 Å². The predicted molar refractivity (Wildman–Crippen MR) is 68.4 cm³/mol. The first-order valence-electron chi connectivity index (χ1n) is 5.99. The molecule has 0 unspecified atom stereocenters. The van der Waals surface area contributed by atoms with Crippen molar-refractivity contribution in [1.82, 2.24) is 10.6 Å². The van der Waals surface area contributed by atoms with Crippen LogP contribution in [0.3, 0.4) is 0 Å². The Morgan fingerprint density at radius 2 is 1.95 bits per heavy atom. The van der Waals surface area contributed by atoms with Crippen molar-refractivity contribution in [3.63, 3.8) is 0 Å². The van der Waals surface area contributed by atoms with E-state index < -0.39 is 24.3 Å². The molecule has 0 radical (unpaired) electrons. The van der Waals surface area contributed by atoms with Crippen LogP contribution in [0, 0.1) is 5.82 Å². The molecule has 108 valence electrons. The smallest absolute Gasteiger partial charge is 0.338 e. The predicted octanol–water partition coefficient (Wildman–Crippen LogP) is 0.235. The number of hydrogen-bond acceptors (Lipinski definition) is 4. The maximum Gasteiger partial charge on any atom is 0.338 e. The molecule has 1 rings (SSSR count). The van der Waals surface area contributed by atoms with Gasteiger partial charge in [0.15, 0.2) is 6.61 Å². The van der Waals surface area contributed by atoms with Crippen LogP contribution in [-0.2, 0) is 14.3 Å². The monoisotopic (exact) mass is 282 g/mol. The lowest BCUT2D eigenvalue weighted by Gasteiger charge is -2.06. The number of carbonyl (C=O) groups excluding carboxylic acids is 3. The topological polar surface area (TPSA) is 84.5 Å². The molecular formula is C13H15FN2O4. The molecule has 0 spiro atoms. The van der Waals surface area contributed by atoms with Crippen LogP contribution in [0.2, 0.25) is 0 Å². The molecule has 7 heteroatoms. The van der Waals surface area contributed by atoms with Gasteiger partial charge in [-0.15, -0.1) is 0 Å². The molecule has 0 aliphatic heterocycles. The molecule has 0 atom stereocenters. The molecule has 2 N–H and O–H groups in total. The third-order valence-corrected chi connectivity index (χ3v) is 2.21. The van der Waals surface area contributed by atoms with Crippen LogP contribution in [0.1, 0.15) is 17.3 Å². The number of amides is 2. The molecule has 0 aliphatic rings. The number of rotatable bonds is 6. The molecule has 20 heavy (non-hydrogen) atoms. The normalized spacial score (nSPS) is 9.70. The van der Waals surface area contributed by atoms with Gasteiger partial charge in [0.1, 0.15) is 5.82 Å². The van der Waals surface area contributed by atoms with Crippen molar-refractivity contribution in [3.05, 3.63) is 35.6 Å². The second-order valence-corrected chi connectivity index (χ2v) is 3.82. The lowest BCUT2D eigenvalue weighted by Crippen LogP contribution is -2.38. The van der Waals surface area contributed by atoms with Gasteiger partial charge < -0.3 is 15.4 Å². The maximum atomic E-state index is 12.9. The Kier molecular flexibility index (Phi) is 6.15. The summed E-state index contributed by atoms with van der Waals surface area (Å²) >= 11 is 0. The fourth-order valence-corrected chi connectivity index (χ4v) is 1.32. The average molecular weight is 282 g/mol. The van der Waals surface area contributed by atoms with E-state index in [1.54, 1.807) is 6.92 Å². The van der Waals surface area contributed by atoms with Crippen molar-refractivity contribution >= 4 is 17.8 Å². The summed E-state index contributed by atoms with van der Waals surface area (Å²) < 4.78 is 17.6. The zero-order valence-corrected chi connectivity index (χ0v) is 10.9. The number of carbonyl (C=O) groups is 3. The Balaban J connectivity index is 2.34. The molecule has 0 bridgehead atoms. The zero-order chi connectivity index (χ0) is 15.0. The highest BCUT2D eigenvalue weighted by molar-refractivity contribution is 5.92. The Bertz CT molecular complexity index is 505. The van der Waals surface area contributed by atoms with Gasteiger partial charge in [0.25, 0.3) is 5.91 Å². The minimum absolute atomic E-state index is 0.0153. The van der Waals surface area contributed by atoms with Crippen LogP contribution in [0.4, 0.5) is 4.39 Å². The van der Waals surface area contributed by atoms with Crippen molar-refractivity contribution in [2.75, 3.05) is 19.7 Å². The number of benzene rings is 1. The fourth-order valence-electron chi connectivity index (χ4n) is 1.32. The van der Waals surface area contributed by atoms with E-state index in [9.17, 15) is 18.8 Å². The lowest BCUT2D eigenvalue weighted by molar-refractivity contribution is -0.127. The molecule has 0 saturated carbocycles. The first-order valence-corrected chi connectivity index (χ1v) is 5.99. The summed E-state index contributed by atoms with van der Waals surface area (Å²) in [4.78, 5) is 33.9. The van der Waals surface area contributed by atoms with E-state index in [1.165, 1.54) is 18.2 Å². The van der Waals surface area contributed by atoms with E-state index in [1.807, 2.05) is 0 Å². The molecule has 0 heterocycles. The third-order valence-electron chi connectivity index (χ3n) is 2.21. The molecule has 6 nitrogen and oxygen atoms in total. The molecule has 2 amide bonds. The van der Waals surface area contributed by atoms with Crippen LogP contribution in [0.15, 0.2) is 24.3 Å². The van der Waals surface area contributed by atoms with E-state index >= 15 is 0 Å². The van der Waals surface area contributed by atoms with Gasteiger partial charge in [-0.05, 0) is 25.1 Å². The third kappa shape index (κ3) is 5.47. The molecule has 0 fully saturated rings. The van der Waals surface area contributed by atoms with E-state index in [0.29, 0.717) is 6.54 Å².